The predicted octanol–water partition coefficient (Wildman–Crippen LogP) is 7.86. The molecule has 16 heteroatoms. The Morgan fingerprint density at radius 3 is 1.83 bits per heavy atom. The number of aromatic amines is 1. The Labute approximate surface area is 266 Å². The van der Waals surface area contributed by atoms with E-state index in [1.54, 1.807) is 5.32 Å². The normalized spacial score (nSPS) is 29.6. The standard InChI is InChI=1S/C32H30F12N4/c1-5-20-22-14-18-10-9-16(45-18)13-17-11-12-19(46-17)15-28(32(42,43)44)21(6-2)24(30(36,37)38)27(8-4,48-28)25(31(39,40)41)26(7-3,47-22)23(20)29(33,34)35/h9-15,25,45,48H,5-8H2,1-4H3. The SMILES string of the molecule is CCC1=C(C(F)(F)F)C2(CC)N=C1C=c1ccc([nH]1)=CC1=NC(=CC3(C(F)(F)F)NC(CC)(C(C(F)(F)F)=C3CC)C2C(F)(F)F)C=C1. The molecule has 4 aliphatic heterocycles. The van der Waals surface area contributed by atoms with Crippen LogP contribution in [0.5, 0.6) is 0 Å². The summed E-state index contributed by atoms with van der Waals surface area (Å²) in [6.07, 6.45) is -22.2. The average molecular weight is 699 g/mol. The molecule has 0 spiro atoms. The van der Waals surface area contributed by atoms with E-state index in [1.807, 2.05) is 0 Å². The van der Waals surface area contributed by atoms with Crippen LogP contribution in [0.4, 0.5) is 52.7 Å². The van der Waals surface area contributed by atoms with Gasteiger partial charge in [-0.3, -0.25) is 10.3 Å². The zero-order valence-electron chi connectivity index (χ0n) is 25.9. The second kappa shape index (κ2) is 11.2. The Hall–Kier alpha value is -3.56. The van der Waals surface area contributed by atoms with Crippen LogP contribution in [-0.4, -0.2) is 57.7 Å². The minimum Gasteiger partial charge on any atom is -0.355 e. The topological polar surface area (TPSA) is 52.5 Å². The van der Waals surface area contributed by atoms with Crippen LogP contribution in [0.2, 0.25) is 0 Å². The van der Waals surface area contributed by atoms with Gasteiger partial charge in [0.05, 0.1) is 33.8 Å². The summed E-state index contributed by atoms with van der Waals surface area (Å²) < 4.78 is 185. The minimum atomic E-state index is -5.96. The maximum Gasteiger partial charge on any atom is 0.415 e. The van der Waals surface area contributed by atoms with Crippen molar-refractivity contribution in [1.82, 2.24) is 10.3 Å². The van der Waals surface area contributed by atoms with E-state index in [2.05, 4.69) is 15.0 Å². The van der Waals surface area contributed by atoms with Crippen LogP contribution in [0.25, 0.3) is 12.2 Å². The van der Waals surface area contributed by atoms with Gasteiger partial charge < -0.3 is 4.98 Å². The zero-order chi connectivity index (χ0) is 35.9. The minimum absolute atomic E-state index is 0.0572. The van der Waals surface area contributed by atoms with E-state index in [4.69, 9.17) is 0 Å². The first-order valence-electron chi connectivity index (χ1n) is 15.1. The van der Waals surface area contributed by atoms with Crippen LogP contribution in [-0.2, 0) is 0 Å². The number of aromatic nitrogens is 1. The Kier molecular flexibility index (Phi) is 8.37. The van der Waals surface area contributed by atoms with Crippen LogP contribution in [0.15, 0.2) is 68.3 Å². The molecule has 2 N–H and O–H groups in total. The van der Waals surface area contributed by atoms with Gasteiger partial charge in [-0.25, -0.2) is 4.99 Å². The third kappa shape index (κ3) is 5.28. The van der Waals surface area contributed by atoms with E-state index in [-0.39, 0.29) is 22.5 Å². The second-order valence-electron chi connectivity index (χ2n) is 12.0. The molecule has 0 saturated heterocycles. The molecular weight excluding hydrogens is 668 g/mol. The molecule has 4 aliphatic rings. The zero-order valence-corrected chi connectivity index (χ0v) is 25.9. The fourth-order valence-corrected chi connectivity index (χ4v) is 7.90. The molecule has 8 bridgehead atoms. The molecule has 1 aromatic rings. The monoisotopic (exact) mass is 698 g/mol. The molecule has 5 heterocycles. The first-order chi connectivity index (χ1) is 22.0. The summed E-state index contributed by atoms with van der Waals surface area (Å²) in [5.74, 6) is -3.78. The number of aliphatic imine (C=N–C) groups is 2. The van der Waals surface area contributed by atoms with Crippen molar-refractivity contribution in [3.63, 3.8) is 0 Å². The van der Waals surface area contributed by atoms with Crippen LogP contribution >= 0.6 is 0 Å². The highest BCUT2D eigenvalue weighted by Crippen LogP contribution is 2.64. The highest BCUT2D eigenvalue weighted by molar-refractivity contribution is 6.23. The van der Waals surface area contributed by atoms with Crippen molar-refractivity contribution in [1.29, 1.82) is 0 Å². The lowest BCUT2D eigenvalue weighted by molar-refractivity contribution is -0.227. The van der Waals surface area contributed by atoms with Gasteiger partial charge in [0.15, 0.2) is 5.54 Å². The van der Waals surface area contributed by atoms with E-state index < -0.39 is 107 Å². The first-order valence-corrected chi connectivity index (χ1v) is 15.1. The maximum absolute atomic E-state index is 15.7. The molecule has 0 amide bonds. The summed E-state index contributed by atoms with van der Waals surface area (Å²) in [5.41, 5.74) is -18.6. The predicted molar refractivity (Wildman–Crippen MR) is 155 cm³/mol. The number of rotatable bonds is 4. The number of allylic oxidation sites excluding steroid dienone is 3. The van der Waals surface area contributed by atoms with Gasteiger partial charge in [-0.05, 0) is 79.3 Å². The van der Waals surface area contributed by atoms with Crippen LogP contribution < -0.4 is 16.0 Å². The highest BCUT2D eigenvalue weighted by Gasteiger charge is 2.77. The number of halogens is 12. The van der Waals surface area contributed by atoms with Gasteiger partial charge in [0.2, 0.25) is 0 Å². The Bertz CT molecular complexity index is 1810. The van der Waals surface area contributed by atoms with Gasteiger partial charge in [0.1, 0.15) is 11.5 Å². The molecule has 1 aromatic heterocycles. The fourth-order valence-electron chi connectivity index (χ4n) is 7.90. The Morgan fingerprint density at radius 2 is 1.35 bits per heavy atom. The lowest BCUT2D eigenvalue weighted by Crippen LogP contribution is -2.69. The number of hydrogen-bond donors (Lipinski definition) is 2. The highest BCUT2D eigenvalue weighted by atomic mass is 19.4. The molecule has 4 nitrogen and oxygen atoms in total. The van der Waals surface area contributed by atoms with Crippen LogP contribution in [0.1, 0.15) is 53.4 Å². The summed E-state index contributed by atoms with van der Waals surface area (Å²) in [4.78, 5) is 10.9. The van der Waals surface area contributed by atoms with E-state index in [0.717, 1.165) is 32.9 Å². The molecule has 262 valence electrons. The van der Waals surface area contributed by atoms with E-state index in [0.29, 0.717) is 0 Å². The largest absolute Gasteiger partial charge is 0.415 e. The second-order valence-corrected chi connectivity index (χ2v) is 12.0. The maximum atomic E-state index is 15.7. The molecular formula is C32H30F12N4. The van der Waals surface area contributed by atoms with Gasteiger partial charge in [0.25, 0.3) is 0 Å². The van der Waals surface area contributed by atoms with Crippen molar-refractivity contribution in [3.8, 4) is 0 Å². The molecule has 0 fully saturated rings. The summed E-state index contributed by atoms with van der Waals surface area (Å²) in [6.45, 7) is 3.83. The van der Waals surface area contributed by atoms with Crippen molar-refractivity contribution in [2.24, 2.45) is 15.9 Å². The summed E-state index contributed by atoms with van der Waals surface area (Å²) in [7, 11) is 0. The van der Waals surface area contributed by atoms with E-state index >= 15 is 52.7 Å². The Balaban J connectivity index is 2.08. The van der Waals surface area contributed by atoms with Gasteiger partial charge in [-0.2, -0.15) is 52.7 Å². The molecule has 5 rings (SSSR count). The number of nitrogens with one attached hydrogen (secondary N) is 2. The summed E-state index contributed by atoms with van der Waals surface area (Å²) >= 11 is 0. The first kappa shape index (κ1) is 35.7. The Morgan fingerprint density at radius 1 is 0.750 bits per heavy atom. The van der Waals surface area contributed by atoms with Crippen molar-refractivity contribution >= 4 is 23.6 Å². The number of fused-ring (bicyclic) bond motifs is 6. The van der Waals surface area contributed by atoms with Crippen molar-refractivity contribution in [3.05, 3.63) is 69.0 Å². The molecule has 0 saturated carbocycles. The quantitative estimate of drug-likeness (QED) is 0.244. The molecule has 4 unspecified atom stereocenters. The number of hydrogen-bond acceptors (Lipinski definition) is 3. The van der Waals surface area contributed by atoms with E-state index in [9.17, 15) is 0 Å². The molecule has 0 aliphatic carbocycles. The number of H-pyrrole nitrogens is 1. The van der Waals surface area contributed by atoms with Gasteiger partial charge in [-0.1, -0.05) is 27.7 Å². The van der Waals surface area contributed by atoms with Gasteiger partial charge in [0, 0.05) is 10.7 Å². The lowest BCUT2D eigenvalue weighted by atomic mass is 9.62. The number of nitrogens with zero attached hydrogens (tertiary/aromatic N) is 2. The van der Waals surface area contributed by atoms with Crippen molar-refractivity contribution in [2.75, 3.05) is 0 Å². The number of alkyl halides is 12. The summed E-state index contributed by atoms with van der Waals surface area (Å²) in [6, 6.07) is 2.85. The molecule has 4 atom stereocenters. The smallest absolute Gasteiger partial charge is 0.355 e. The third-order valence-corrected chi connectivity index (χ3v) is 9.50. The van der Waals surface area contributed by atoms with Crippen LogP contribution in [0, 0.1) is 5.92 Å². The van der Waals surface area contributed by atoms with Crippen molar-refractivity contribution < 1.29 is 52.7 Å². The fraction of sp³-hybridized carbons (Fsp3) is 0.500. The average Bonchev–Trinajstić information content (AvgIpc) is 3.71. The van der Waals surface area contributed by atoms with Crippen molar-refractivity contribution in [2.45, 2.75) is 94.7 Å². The molecule has 48 heavy (non-hydrogen) atoms. The van der Waals surface area contributed by atoms with Crippen LogP contribution in [0.3, 0.4) is 0 Å². The molecule has 0 radical (unpaired) electrons. The van der Waals surface area contributed by atoms with Gasteiger partial charge >= 0.3 is 24.7 Å². The lowest BCUT2D eigenvalue weighted by Gasteiger charge is -2.50. The van der Waals surface area contributed by atoms with Gasteiger partial charge in [-0.15, -0.1) is 0 Å². The van der Waals surface area contributed by atoms with E-state index in [1.165, 1.54) is 31.2 Å². The third-order valence-electron chi connectivity index (χ3n) is 9.50. The molecule has 0 aromatic carbocycles. The summed E-state index contributed by atoms with van der Waals surface area (Å²) in [5, 5.41) is 2.12.